The average molecular weight is 330 g/mol. The van der Waals surface area contributed by atoms with Crippen molar-refractivity contribution in [1.82, 2.24) is 5.32 Å². The molecule has 2 rings (SSSR count). The molecule has 0 heterocycles. The third kappa shape index (κ3) is 4.20. The van der Waals surface area contributed by atoms with E-state index >= 15 is 0 Å². The number of hydrogen-bond acceptors (Lipinski definition) is 3. The molecule has 21 heavy (non-hydrogen) atoms. The molecule has 6 heteroatoms. The Morgan fingerprint density at radius 2 is 1.81 bits per heavy atom. The van der Waals surface area contributed by atoms with Gasteiger partial charge in [-0.05, 0) is 37.0 Å². The maximum Gasteiger partial charge on any atom is 0.261 e. The number of hydrogen-bond donors (Lipinski definition) is 1. The van der Waals surface area contributed by atoms with Gasteiger partial charge in [0.1, 0.15) is 0 Å². The van der Waals surface area contributed by atoms with E-state index in [0.717, 1.165) is 31.2 Å². The molecule has 0 unspecified atom stereocenters. The zero-order chi connectivity index (χ0) is 15.5. The van der Waals surface area contributed by atoms with E-state index in [2.05, 4.69) is 5.32 Å². The highest BCUT2D eigenvalue weighted by Gasteiger charge is 2.35. The average Bonchev–Trinajstić information content (AvgIpc) is 2.86. The van der Waals surface area contributed by atoms with E-state index < -0.39 is 9.05 Å². The first-order chi connectivity index (χ1) is 9.81. The van der Waals surface area contributed by atoms with E-state index in [1.54, 1.807) is 12.1 Å². The Morgan fingerprint density at radius 1 is 1.24 bits per heavy atom. The molecular weight excluding hydrogens is 310 g/mol. The van der Waals surface area contributed by atoms with Crippen molar-refractivity contribution in [2.24, 2.45) is 5.41 Å². The molecule has 1 fully saturated rings. The fourth-order valence-corrected chi connectivity index (χ4v) is 3.50. The van der Waals surface area contributed by atoms with Crippen LogP contribution in [0.25, 0.3) is 0 Å². The van der Waals surface area contributed by atoms with Crippen LogP contribution < -0.4 is 5.32 Å². The van der Waals surface area contributed by atoms with Gasteiger partial charge >= 0.3 is 0 Å². The number of halogens is 1. The molecule has 0 bridgehead atoms. The topological polar surface area (TPSA) is 63.2 Å². The van der Waals surface area contributed by atoms with Gasteiger partial charge in [0, 0.05) is 22.6 Å². The van der Waals surface area contributed by atoms with Crippen LogP contribution in [0.4, 0.5) is 0 Å². The van der Waals surface area contributed by atoms with Gasteiger partial charge in [-0.3, -0.25) is 4.79 Å². The maximum absolute atomic E-state index is 12.1. The van der Waals surface area contributed by atoms with E-state index in [9.17, 15) is 13.2 Å². The molecule has 1 saturated carbocycles. The Bertz CT molecular complexity index is 604. The van der Waals surface area contributed by atoms with E-state index in [0.29, 0.717) is 13.0 Å². The molecule has 1 aromatic rings. The lowest BCUT2D eigenvalue weighted by molar-refractivity contribution is -0.129. The third-order valence-corrected chi connectivity index (χ3v) is 5.53. The van der Waals surface area contributed by atoms with Crippen LogP contribution in [0.15, 0.2) is 29.2 Å². The van der Waals surface area contributed by atoms with Crippen molar-refractivity contribution in [2.75, 3.05) is 6.54 Å². The van der Waals surface area contributed by atoms with Crippen LogP contribution in [-0.4, -0.2) is 20.9 Å². The highest BCUT2D eigenvalue weighted by molar-refractivity contribution is 8.13. The lowest BCUT2D eigenvalue weighted by Crippen LogP contribution is -2.38. The number of benzene rings is 1. The molecule has 116 valence electrons. The molecule has 0 radical (unpaired) electrons. The molecule has 1 amide bonds. The van der Waals surface area contributed by atoms with E-state index in [-0.39, 0.29) is 16.2 Å². The molecule has 1 aliphatic carbocycles. The van der Waals surface area contributed by atoms with Crippen LogP contribution in [0.5, 0.6) is 0 Å². The third-order valence-electron chi connectivity index (χ3n) is 4.16. The minimum absolute atomic E-state index is 0.0930. The molecule has 1 aliphatic rings. The Balaban J connectivity index is 1.85. The van der Waals surface area contributed by atoms with Gasteiger partial charge in [-0.1, -0.05) is 31.9 Å². The molecule has 0 spiro atoms. The summed E-state index contributed by atoms with van der Waals surface area (Å²) in [5.74, 6) is 0.125. The SMILES string of the molecule is CC1(C(=O)NCCc2ccc(S(=O)(=O)Cl)cc2)CCCC1. The zero-order valence-corrected chi connectivity index (χ0v) is 13.6. The summed E-state index contributed by atoms with van der Waals surface area (Å²) in [7, 11) is 1.59. The first kappa shape index (κ1) is 16.3. The second-order valence-corrected chi connectivity index (χ2v) is 8.42. The summed E-state index contributed by atoms with van der Waals surface area (Å²) in [5.41, 5.74) is 0.757. The van der Waals surface area contributed by atoms with Crippen molar-refractivity contribution in [2.45, 2.75) is 43.9 Å². The first-order valence-corrected chi connectivity index (χ1v) is 9.44. The summed E-state index contributed by atoms with van der Waals surface area (Å²) in [4.78, 5) is 12.2. The molecular formula is C15H20ClNO3S. The van der Waals surface area contributed by atoms with Gasteiger partial charge in [-0.25, -0.2) is 8.42 Å². The van der Waals surface area contributed by atoms with Crippen LogP contribution in [0, 0.1) is 5.41 Å². The Hall–Kier alpha value is -1.07. The van der Waals surface area contributed by atoms with Gasteiger partial charge in [-0.15, -0.1) is 0 Å². The van der Waals surface area contributed by atoms with Crippen LogP contribution in [0.3, 0.4) is 0 Å². The number of rotatable bonds is 5. The van der Waals surface area contributed by atoms with E-state index in [1.807, 2.05) is 6.92 Å². The van der Waals surface area contributed by atoms with Gasteiger partial charge in [0.05, 0.1) is 4.90 Å². The van der Waals surface area contributed by atoms with Crippen LogP contribution >= 0.6 is 10.7 Å². The highest BCUT2D eigenvalue weighted by atomic mass is 35.7. The maximum atomic E-state index is 12.1. The number of nitrogens with one attached hydrogen (secondary N) is 1. The number of amides is 1. The van der Waals surface area contributed by atoms with Gasteiger partial charge in [0.15, 0.2) is 0 Å². The van der Waals surface area contributed by atoms with Gasteiger partial charge < -0.3 is 5.32 Å². The fourth-order valence-electron chi connectivity index (χ4n) is 2.73. The lowest BCUT2D eigenvalue weighted by atomic mass is 9.88. The summed E-state index contributed by atoms with van der Waals surface area (Å²) in [5, 5.41) is 2.98. The summed E-state index contributed by atoms with van der Waals surface area (Å²) in [6.45, 7) is 2.58. The van der Waals surface area contributed by atoms with Crippen molar-refractivity contribution >= 4 is 25.6 Å². The summed E-state index contributed by atoms with van der Waals surface area (Å²) in [6.07, 6.45) is 4.84. The quantitative estimate of drug-likeness (QED) is 0.845. The van der Waals surface area contributed by atoms with Crippen LogP contribution in [-0.2, 0) is 20.3 Å². The molecule has 0 aromatic heterocycles. The predicted molar refractivity (Wildman–Crippen MR) is 82.8 cm³/mol. The van der Waals surface area contributed by atoms with E-state index in [1.165, 1.54) is 12.1 Å². The van der Waals surface area contributed by atoms with Crippen molar-refractivity contribution in [3.8, 4) is 0 Å². The van der Waals surface area contributed by atoms with Crippen molar-refractivity contribution < 1.29 is 13.2 Å². The monoisotopic (exact) mass is 329 g/mol. The largest absolute Gasteiger partial charge is 0.355 e. The molecule has 1 aromatic carbocycles. The Morgan fingerprint density at radius 3 is 2.33 bits per heavy atom. The summed E-state index contributed by atoms with van der Waals surface area (Å²) in [6, 6.07) is 6.41. The smallest absolute Gasteiger partial charge is 0.261 e. The van der Waals surface area contributed by atoms with Crippen LogP contribution in [0.2, 0.25) is 0 Å². The van der Waals surface area contributed by atoms with Crippen molar-refractivity contribution in [3.05, 3.63) is 29.8 Å². The lowest BCUT2D eigenvalue weighted by Gasteiger charge is -2.22. The summed E-state index contributed by atoms with van der Waals surface area (Å²) < 4.78 is 22.3. The second-order valence-electron chi connectivity index (χ2n) is 5.86. The fraction of sp³-hybridized carbons (Fsp3) is 0.533. The Kier molecular flexibility index (Phi) is 4.94. The molecule has 0 saturated heterocycles. The summed E-state index contributed by atoms with van der Waals surface area (Å²) >= 11 is 0. The first-order valence-electron chi connectivity index (χ1n) is 7.13. The minimum Gasteiger partial charge on any atom is -0.355 e. The highest BCUT2D eigenvalue weighted by Crippen LogP contribution is 2.37. The molecule has 0 atom stereocenters. The predicted octanol–water partition coefficient (Wildman–Crippen LogP) is 2.85. The molecule has 1 N–H and O–H groups in total. The van der Waals surface area contributed by atoms with E-state index in [4.69, 9.17) is 10.7 Å². The standard InChI is InChI=1S/C15H20ClNO3S/c1-15(9-2-3-10-15)14(18)17-11-8-12-4-6-13(7-5-12)21(16,19)20/h4-7H,2-3,8-11H2,1H3,(H,17,18). The number of carbonyl (C=O) groups is 1. The van der Waals surface area contributed by atoms with Crippen molar-refractivity contribution in [1.29, 1.82) is 0 Å². The van der Waals surface area contributed by atoms with Crippen molar-refractivity contribution in [3.63, 3.8) is 0 Å². The second kappa shape index (κ2) is 6.36. The Labute approximate surface area is 130 Å². The number of carbonyl (C=O) groups excluding carboxylic acids is 1. The molecule has 0 aliphatic heterocycles. The molecule has 4 nitrogen and oxygen atoms in total. The van der Waals surface area contributed by atoms with Gasteiger partial charge in [-0.2, -0.15) is 0 Å². The van der Waals surface area contributed by atoms with Crippen LogP contribution in [0.1, 0.15) is 38.2 Å². The zero-order valence-electron chi connectivity index (χ0n) is 12.1. The normalized spacial score (nSPS) is 17.6. The minimum atomic E-state index is -3.67. The van der Waals surface area contributed by atoms with Gasteiger partial charge in [0.25, 0.3) is 9.05 Å². The van der Waals surface area contributed by atoms with Gasteiger partial charge in [0.2, 0.25) is 5.91 Å².